The predicted molar refractivity (Wildman–Crippen MR) is 66.3 cm³/mol. The second kappa shape index (κ2) is 4.89. The van der Waals surface area contributed by atoms with Crippen molar-refractivity contribution in [1.82, 2.24) is 19.7 Å². The normalized spacial score (nSPS) is 10.2. The Labute approximate surface area is 109 Å². The van der Waals surface area contributed by atoms with Gasteiger partial charge in [0, 0.05) is 26.5 Å². The van der Waals surface area contributed by atoms with Crippen LogP contribution in [0.1, 0.15) is 20.8 Å². The van der Waals surface area contributed by atoms with Gasteiger partial charge in [-0.3, -0.25) is 9.78 Å². The molecule has 0 saturated carbocycles. The van der Waals surface area contributed by atoms with Crippen LogP contribution < -0.4 is 0 Å². The Morgan fingerprint density at radius 2 is 2.05 bits per heavy atom. The lowest BCUT2D eigenvalue weighted by Crippen LogP contribution is -2.22. The SMILES string of the molecule is CN(C)C(=O)c1ccn(-c2cnccc2C(=O)O)n1. The highest BCUT2D eigenvalue weighted by atomic mass is 16.4. The highest BCUT2D eigenvalue weighted by molar-refractivity contribution is 5.93. The van der Waals surface area contributed by atoms with Gasteiger partial charge in [0.2, 0.25) is 0 Å². The minimum atomic E-state index is -1.08. The summed E-state index contributed by atoms with van der Waals surface area (Å²) in [7, 11) is 3.24. The van der Waals surface area contributed by atoms with Gasteiger partial charge in [0.05, 0.1) is 17.4 Å². The molecule has 98 valence electrons. The molecule has 2 heterocycles. The summed E-state index contributed by atoms with van der Waals surface area (Å²) in [5.74, 6) is -1.33. The van der Waals surface area contributed by atoms with E-state index >= 15 is 0 Å². The van der Waals surface area contributed by atoms with E-state index in [1.54, 1.807) is 14.1 Å². The monoisotopic (exact) mass is 260 g/mol. The number of nitrogens with zero attached hydrogens (tertiary/aromatic N) is 4. The first-order valence-electron chi connectivity index (χ1n) is 5.45. The molecule has 0 saturated heterocycles. The van der Waals surface area contributed by atoms with E-state index in [0.717, 1.165) is 0 Å². The number of carbonyl (C=O) groups is 2. The number of hydrogen-bond donors (Lipinski definition) is 1. The molecule has 0 bridgehead atoms. The average molecular weight is 260 g/mol. The van der Waals surface area contributed by atoms with Gasteiger partial charge < -0.3 is 10.0 Å². The van der Waals surface area contributed by atoms with Crippen LogP contribution in [-0.4, -0.2) is 50.7 Å². The number of aromatic carboxylic acids is 1. The van der Waals surface area contributed by atoms with Crippen molar-refractivity contribution < 1.29 is 14.7 Å². The Hall–Kier alpha value is -2.70. The zero-order valence-electron chi connectivity index (χ0n) is 10.4. The van der Waals surface area contributed by atoms with Crippen LogP contribution in [0.25, 0.3) is 5.69 Å². The predicted octanol–water partition coefficient (Wildman–Crippen LogP) is 0.667. The number of amides is 1. The fraction of sp³-hybridized carbons (Fsp3) is 0.167. The lowest BCUT2D eigenvalue weighted by molar-refractivity contribution is 0.0696. The molecule has 0 aliphatic carbocycles. The van der Waals surface area contributed by atoms with E-state index in [0.29, 0.717) is 5.69 Å². The van der Waals surface area contributed by atoms with E-state index in [2.05, 4.69) is 10.1 Å². The van der Waals surface area contributed by atoms with Crippen molar-refractivity contribution in [3.63, 3.8) is 0 Å². The molecule has 0 aromatic carbocycles. The standard InChI is InChI=1S/C12H12N4O3/c1-15(2)11(17)9-4-6-16(14-9)10-7-13-5-3-8(10)12(18)19/h3-7H,1-2H3,(H,18,19). The minimum absolute atomic E-state index is 0.0713. The summed E-state index contributed by atoms with van der Waals surface area (Å²) in [4.78, 5) is 28.1. The van der Waals surface area contributed by atoms with E-state index < -0.39 is 5.97 Å². The van der Waals surface area contributed by atoms with Crippen molar-refractivity contribution in [2.45, 2.75) is 0 Å². The van der Waals surface area contributed by atoms with Crippen molar-refractivity contribution in [2.75, 3.05) is 14.1 Å². The van der Waals surface area contributed by atoms with Gasteiger partial charge in [-0.15, -0.1) is 0 Å². The summed E-state index contributed by atoms with van der Waals surface area (Å²) in [6.07, 6.45) is 4.31. The maximum atomic E-state index is 11.7. The molecule has 1 N–H and O–H groups in total. The van der Waals surface area contributed by atoms with Crippen molar-refractivity contribution in [3.8, 4) is 5.69 Å². The maximum Gasteiger partial charge on any atom is 0.338 e. The summed E-state index contributed by atoms with van der Waals surface area (Å²) >= 11 is 0. The minimum Gasteiger partial charge on any atom is -0.478 e. The van der Waals surface area contributed by atoms with E-state index in [4.69, 9.17) is 5.11 Å². The van der Waals surface area contributed by atoms with Gasteiger partial charge in [0.25, 0.3) is 5.91 Å². The van der Waals surface area contributed by atoms with Gasteiger partial charge in [-0.05, 0) is 12.1 Å². The summed E-state index contributed by atoms with van der Waals surface area (Å²) in [5.41, 5.74) is 0.625. The zero-order valence-corrected chi connectivity index (χ0v) is 10.4. The summed E-state index contributed by atoms with van der Waals surface area (Å²) in [5, 5.41) is 13.2. The maximum absolute atomic E-state index is 11.7. The van der Waals surface area contributed by atoms with Crippen molar-refractivity contribution >= 4 is 11.9 Å². The Bertz CT molecular complexity index is 633. The van der Waals surface area contributed by atoms with Crippen molar-refractivity contribution in [2.24, 2.45) is 0 Å². The Balaban J connectivity index is 2.44. The number of carboxylic acid groups (broad SMARTS) is 1. The first kappa shape index (κ1) is 12.7. The van der Waals surface area contributed by atoms with Crippen LogP contribution in [-0.2, 0) is 0 Å². The molecule has 19 heavy (non-hydrogen) atoms. The van der Waals surface area contributed by atoms with Gasteiger partial charge in [0.1, 0.15) is 0 Å². The number of aromatic nitrogens is 3. The van der Waals surface area contributed by atoms with E-state index in [1.165, 1.54) is 40.3 Å². The van der Waals surface area contributed by atoms with Crippen LogP contribution in [0.2, 0.25) is 0 Å². The lowest BCUT2D eigenvalue weighted by atomic mass is 10.2. The molecule has 0 aliphatic heterocycles. The molecule has 0 unspecified atom stereocenters. The zero-order chi connectivity index (χ0) is 14.0. The Kier molecular flexibility index (Phi) is 3.28. The van der Waals surface area contributed by atoms with Crippen LogP contribution in [0.3, 0.4) is 0 Å². The highest BCUT2D eigenvalue weighted by Gasteiger charge is 2.15. The fourth-order valence-electron chi connectivity index (χ4n) is 1.55. The molecular weight excluding hydrogens is 248 g/mol. The van der Waals surface area contributed by atoms with Gasteiger partial charge in [0.15, 0.2) is 5.69 Å². The fourth-order valence-corrected chi connectivity index (χ4v) is 1.55. The third-order valence-corrected chi connectivity index (χ3v) is 2.49. The van der Waals surface area contributed by atoms with Gasteiger partial charge in [-0.1, -0.05) is 0 Å². The number of rotatable bonds is 3. The van der Waals surface area contributed by atoms with Gasteiger partial charge >= 0.3 is 5.97 Å². The second-order valence-electron chi connectivity index (χ2n) is 4.04. The molecule has 7 nitrogen and oxygen atoms in total. The Morgan fingerprint density at radius 3 is 2.68 bits per heavy atom. The summed E-state index contributed by atoms with van der Waals surface area (Å²) < 4.78 is 1.33. The van der Waals surface area contributed by atoms with Crippen LogP contribution in [0.5, 0.6) is 0 Å². The topological polar surface area (TPSA) is 88.3 Å². The smallest absolute Gasteiger partial charge is 0.338 e. The molecule has 0 atom stereocenters. The lowest BCUT2D eigenvalue weighted by Gasteiger charge is -2.07. The molecule has 2 aromatic heterocycles. The first-order valence-corrected chi connectivity index (χ1v) is 5.45. The van der Waals surface area contributed by atoms with Crippen molar-refractivity contribution in [3.05, 3.63) is 42.0 Å². The molecule has 2 rings (SSSR count). The van der Waals surface area contributed by atoms with E-state index in [1.807, 2.05) is 0 Å². The summed E-state index contributed by atoms with van der Waals surface area (Å²) in [6, 6.07) is 2.91. The first-order chi connectivity index (χ1) is 9.00. The van der Waals surface area contributed by atoms with Crippen molar-refractivity contribution in [1.29, 1.82) is 0 Å². The third kappa shape index (κ3) is 2.44. The number of carboxylic acids is 1. The van der Waals surface area contributed by atoms with Crippen LogP contribution in [0, 0.1) is 0 Å². The number of pyridine rings is 1. The van der Waals surface area contributed by atoms with E-state index in [9.17, 15) is 9.59 Å². The Morgan fingerprint density at radius 1 is 1.32 bits per heavy atom. The molecule has 0 aliphatic rings. The molecule has 7 heteroatoms. The quantitative estimate of drug-likeness (QED) is 0.876. The third-order valence-electron chi connectivity index (χ3n) is 2.49. The number of hydrogen-bond acceptors (Lipinski definition) is 4. The highest BCUT2D eigenvalue weighted by Crippen LogP contribution is 2.13. The molecular formula is C12H12N4O3. The second-order valence-corrected chi connectivity index (χ2v) is 4.04. The van der Waals surface area contributed by atoms with E-state index in [-0.39, 0.29) is 17.2 Å². The molecule has 0 fully saturated rings. The molecule has 1 amide bonds. The van der Waals surface area contributed by atoms with Crippen LogP contribution in [0.4, 0.5) is 0 Å². The number of carbonyl (C=O) groups excluding carboxylic acids is 1. The van der Waals surface area contributed by atoms with Crippen LogP contribution >= 0.6 is 0 Å². The molecule has 2 aromatic rings. The average Bonchev–Trinajstić information content (AvgIpc) is 2.87. The van der Waals surface area contributed by atoms with Gasteiger partial charge in [-0.2, -0.15) is 5.10 Å². The molecule has 0 radical (unpaired) electrons. The molecule has 0 spiro atoms. The summed E-state index contributed by atoms with van der Waals surface area (Å²) in [6.45, 7) is 0. The van der Waals surface area contributed by atoms with Crippen LogP contribution in [0.15, 0.2) is 30.7 Å². The largest absolute Gasteiger partial charge is 0.478 e. The van der Waals surface area contributed by atoms with Gasteiger partial charge in [-0.25, -0.2) is 9.48 Å².